The van der Waals surface area contributed by atoms with Crippen molar-refractivity contribution in [3.8, 4) is 0 Å². The quantitative estimate of drug-likeness (QED) is 0.867. The summed E-state index contributed by atoms with van der Waals surface area (Å²) in [5, 5.41) is 7.28. The largest absolute Gasteiger partial charge is 0.339 e. The van der Waals surface area contributed by atoms with Gasteiger partial charge in [0.15, 0.2) is 5.82 Å². The maximum Gasteiger partial charge on any atom is 0.227 e. The van der Waals surface area contributed by atoms with Crippen molar-refractivity contribution in [1.82, 2.24) is 15.5 Å². The molecule has 1 aromatic carbocycles. The van der Waals surface area contributed by atoms with Gasteiger partial charge in [-0.05, 0) is 31.0 Å². The van der Waals surface area contributed by atoms with E-state index in [1.54, 1.807) is 0 Å². The fraction of sp³-hybridized carbons (Fsp3) is 0.429. The topological polar surface area (TPSA) is 51.0 Å². The second-order valence-electron chi connectivity index (χ2n) is 4.82. The molecular formula is C14H17N3O. The second-order valence-corrected chi connectivity index (χ2v) is 4.82. The normalized spacial score (nSPS) is 15.6. The molecule has 0 bridgehead atoms. The van der Waals surface area contributed by atoms with Gasteiger partial charge < -0.3 is 9.84 Å². The second kappa shape index (κ2) is 5.31. The molecule has 2 heterocycles. The van der Waals surface area contributed by atoms with Crippen molar-refractivity contribution in [1.29, 1.82) is 0 Å². The molecule has 1 aromatic heterocycles. The van der Waals surface area contributed by atoms with Crippen molar-refractivity contribution in [2.45, 2.75) is 19.3 Å². The number of hydrogen-bond acceptors (Lipinski definition) is 4. The van der Waals surface area contributed by atoms with Crippen LogP contribution in [0.4, 0.5) is 0 Å². The van der Waals surface area contributed by atoms with Crippen LogP contribution in [0.1, 0.15) is 17.3 Å². The summed E-state index contributed by atoms with van der Waals surface area (Å²) in [6.07, 6.45) is 2.71. The molecule has 94 valence electrons. The average molecular weight is 243 g/mol. The number of rotatable bonds is 5. The van der Waals surface area contributed by atoms with Gasteiger partial charge in [-0.15, -0.1) is 0 Å². The van der Waals surface area contributed by atoms with Crippen LogP contribution in [-0.4, -0.2) is 23.2 Å². The summed E-state index contributed by atoms with van der Waals surface area (Å²) in [4.78, 5) is 4.44. The lowest BCUT2D eigenvalue weighted by Gasteiger charge is -2.25. The Morgan fingerprint density at radius 1 is 1.17 bits per heavy atom. The van der Waals surface area contributed by atoms with Crippen molar-refractivity contribution in [2.75, 3.05) is 13.1 Å². The smallest absolute Gasteiger partial charge is 0.227 e. The molecule has 0 atom stereocenters. The van der Waals surface area contributed by atoms with E-state index < -0.39 is 0 Å². The lowest BCUT2D eigenvalue weighted by atomic mass is 10.00. The van der Waals surface area contributed by atoms with Crippen LogP contribution in [0.3, 0.4) is 0 Å². The first-order valence-corrected chi connectivity index (χ1v) is 6.46. The summed E-state index contributed by atoms with van der Waals surface area (Å²) < 4.78 is 5.27. The fourth-order valence-corrected chi connectivity index (χ4v) is 2.12. The van der Waals surface area contributed by atoms with Crippen LogP contribution in [0.2, 0.25) is 0 Å². The SMILES string of the molecule is c1ccc(CCc2noc(CC3CNC3)n2)cc1. The Morgan fingerprint density at radius 2 is 2.00 bits per heavy atom. The zero-order chi connectivity index (χ0) is 12.2. The Balaban J connectivity index is 1.53. The van der Waals surface area contributed by atoms with Crippen molar-refractivity contribution in [3.63, 3.8) is 0 Å². The van der Waals surface area contributed by atoms with Gasteiger partial charge >= 0.3 is 0 Å². The highest BCUT2D eigenvalue weighted by Gasteiger charge is 2.20. The van der Waals surface area contributed by atoms with Crippen molar-refractivity contribution < 1.29 is 4.52 Å². The minimum atomic E-state index is 0.674. The summed E-state index contributed by atoms with van der Waals surface area (Å²) in [7, 11) is 0. The molecule has 0 spiro atoms. The third-order valence-electron chi connectivity index (χ3n) is 3.32. The summed E-state index contributed by atoms with van der Waals surface area (Å²) in [5.41, 5.74) is 1.31. The lowest BCUT2D eigenvalue weighted by molar-refractivity contribution is 0.295. The van der Waals surface area contributed by atoms with Crippen LogP contribution < -0.4 is 5.32 Å². The Bertz CT molecular complexity index is 491. The maximum atomic E-state index is 5.27. The molecule has 1 fully saturated rings. The van der Waals surface area contributed by atoms with E-state index in [2.05, 4.69) is 39.7 Å². The molecule has 1 aliphatic rings. The van der Waals surface area contributed by atoms with E-state index in [9.17, 15) is 0 Å². The summed E-state index contributed by atoms with van der Waals surface area (Å²) >= 11 is 0. The Morgan fingerprint density at radius 3 is 2.72 bits per heavy atom. The van der Waals surface area contributed by atoms with Crippen LogP contribution in [0.25, 0.3) is 0 Å². The Labute approximate surface area is 106 Å². The van der Waals surface area contributed by atoms with E-state index in [0.717, 1.165) is 44.1 Å². The number of nitrogens with one attached hydrogen (secondary N) is 1. The first kappa shape index (κ1) is 11.4. The number of aromatic nitrogens is 2. The molecule has 4 heteroatoms. The van der Waals surface area contributed by atoms with E-state index in [0.29, 0.717) is 5.92 Å². The molecular weight excluding hydrogens is 226 g/mol. The van der Waals surface area contributed by atoms with Crippen LogP contribution >= 0.6 is 0 Å². The predicted molar refractivity (Wildman–Crippen MR) is 68.2 cm³/mol. The fourth-order valence-electron chi connectivity index (χ4n) is 2.12. The Hall–Kier alpha value is -1.68. The average Bonchev–Trinajstić information content (AvgIpc) is 2.81. The molecule has 3 rings (SSSR count). The van der Waals surface area contributed by atoms with Crippen LogP contribution in [0.15, 0.2) is 34.9 Å². The van der Waals surface area contributed by atoms with E-state index in [4.69, 9.17) is 4.52 Å². The van der Waals surface area contributed by atoms with Gasteiger partial charge in [-0.2, -0.15) is 4.98 Å². The molecule has 2 aromatic rings. The van der Waals surface area contributed by atoms with Gasteiger partial charge in [0.25, 0.3) is 0 Å². The summed E-state index contributed by atoms with van der Waals surface area (Å²) in [6.45, 7) is 2.14. The monoisotopic (exact) mass is 243 g/mol. The molecule has 0 aliphatic carbocycles. The van der Waals surface area contributed by atoms with Crippen molar-refractivity contribution >= 4 is 0 Å². The van der Waals surface area contributed by atoms with Crippen LogP contribution in [-0.2, 0) is 19.3 Å². The first-order chi connectivity index (χ1) is 8.90. The minimum Gasteiger partial charge on any atom is -0.339 e. The van der Waals surface area contributed by atoms with Crippen molar-refractivity contribution in [2.24, 2.45) is 5.92 Å². The highest BCUT2D eigenvalue weighted by molar-refractivity contribution is 5.15. The predicted octanol–water partition coefficient (Wildman–Crippen LogP) is 1.62. The van der Waals surface area contributed by atoms with E-state index in [1.165, 1.54) is 5.56 Å². The van der Waals surface area contributed by atoms with Gasteiger partial charge in [-0.25, -0.2) is 0 Å². The molecule has 0 amide bonds. The number of benzene rings is 1. The molecule has 1 saturated heterocycles. The minimum absolute atomic E-state index is 0.674. The van der Waals surface area contributed by atoms with E-state index in [-0.39, 0.29) is 0 Å². The third-order valence-corrected chi connectivity index (χ3v) is 3.32. The zero-order valence-electron chi connectivity index (χ0n) is 10.3. The molecule has 1 aliphatic heterocycles. The third kappa shape index (κ3) is 2.76. The van der Waals surface area contributed by atoms with Gasteiger partial charge in [0.2, 0.25) is 5.89 Å². The van der Waals surface area contributed by atoms with Gasteiger partial charge in [0, 0.05) is 12.8 Å². The van der Waals surface area contributed by atoms with Gasteiger partial charge in [-0.3, -0.25) is 0 Å². The molecule has 0 saturated carbocycles. The zero-order valence-corrected chi connectivity index (χ0v) is 10.3. The highest BCUT2D eigenvalue weighted by atomic mass is 16.5. The van der Waals surface area contributed by atoms with Gasteiger partial charge in [0.1, 0.15) is 0 Å². The van der Waals surface area contributed by atoms with Gasteiger partial charge in [0.05, 0.1) is 0 Å². The summed E-state index contributed by atoms with van der Waals surface area (Å²) in [6, 6.07) is 10.4. The molecule has 1 N–H and O–H groups in total. The maximum absolute atomic E-state index is 5.27. The molecule has 0 radical (unpaired) electrons. The molecule has 0 unspecified atom stereocenters. The Kier molecular flexibility index (Phi) is 3.37. The van der Waals surface area contributed by atoms with Crippen molar-refractivity contribution in [3.05, 3.63) is 47.6 Å². The summed E-state index contributed by atoms with van der Waals surface area (Å²) in [5.74, 6) is 2.28. The van der Waals surface area contributed by atoms with Gasteiger partial charge in [-0.1, -0.05) is 35.5 Å². The number of hydrogen-bond donors (Lipinski definition) is 1. The lowest BCUT2D eigenvalue weighted by Crippen LogP contribution is -2.43. The van der Waals surface area contributed by atoms with E-state index in [1.807, 2.05) is 6.07 Å². The molecule has 18 heavy (non-hydrogen) atoms. The highest BCUT2D eigenvalue weighted by Crippen LogP contribution is 2.11. The number of aryl methyl sites for hydroxylation is 2. The molecule has 4 nitrogen and oxygen atoms in total. The standard InChI is InChI=1S/C14H17N3O/c1-2-4-11(5-3-1)6-7-13-16-14(18-17-13)8-12-9-15-10-12/h1-5,12,15H,6-10H2. The first-order valence-electron chi connectivity index (χ1n) is 6.46. The van der Waals surface area contributed by atoms with Crippen LogP contribution in [0.5, 0.6) is 0 Å². The van der Waals surface area contributed by atoms with E-state index >= 15 is 0 Å². The van der Waals surface area contributed by atoms with Crippen LogP contribution in [0, 0.1) is 5.92 Å². The number of nitrogens with zero attached hydrogens (tertiary/aromatic N) is 2.